The number of thiazole rings is 1. The van der Waals surface area contributed by atoms with E-state index in [4.69, 9.17) is 19.9 Å². The maximum Gasteiger partial charge on any atom is 0.231 e. The number of ether oxygens (including phenoxy) is 3. The number of rotatable bonds is 2. The van der Waals surface area contributed by atoms with Gasteiger partial charge < -0.3 is 19.9 Å². The van der Waals surface area contributed by atoms with Gasteiger partial charge in [0.15, 0.2) is 16.6 Å². The third-order valence-corrected chi connectivity index (χ3v) is 5.30. The van der Waals surface area contributed by atoms with Gasteiger partial charge in [0.05, 0.1) is 10.6 Å². The molecule has 0 saturated carbocycles. The van der Waals surface area contributed by atoms with Crippen LogP contribution >= 0.6 is 11.3 Å². The molecule has 2 aliphatic rings. The molecule has 110 valence electrons. The zero-order valence-electron chi connectivity index (χ0n) is 11.9. The zero-order chi connectivity index (χ0) is 14.6. The van der Waals surface area contributed by atoms with Gasteiger partial charge in [-0.1, -0.05) is 25.2 Å². The molecule has 2 aliphatic heterocycles. The summed E-state index contributed by atoms with van der Waals surface area (Å²) >= 11 is 1.51. The van der Waals surface area contributed by atoms with E-state index in [-0.39, 0.29) is 12.4 Å². The summed E-state index contributed by atoms with van der Waals surface area (Å²) in [6.07, 6.45) is 1.73. The molecule has 2 N–H and O–H groups in total. The van der Waals surface area contributed by atoms with E-state index in [0.717, 1.165) is 46.2 Å². The van der Waals surface area contributed by atoms with Gasteiger partial charge >= 0.3 is 0 Å². The fourth-order valence-corrected chi connectivity index (χ4v) is 4.11. The van der Waals surface area contributed by atoms with Gasteiger partial charge in [0, 0.05) is 11.6 Å². The van der Waals surface area contributed by atoms with Crippen molar-refractivity contribution in [1.29, 1.82) is 0 Å². The van der Waals surface area contributed by atoms with E-state index >= 15 is 0 Å². The predicted octanol–water partition coefficient (Wildman–Crippen LogP) is 3.53. The molecule has 6 heteroatoms. The van der Waals surface area contributed by atoms with Crippen LogP contribution in [0.1, 0.15) is 31.6 Å². The fraction of sp³-hybridized carbons (Fsp3) is 0.400. The summed E-state index contributed by atoms with van der Waals surface area (Å²) in [5.74, 6) is 2.25. The number of fused-ring (bicyclic) bond motifs is 4. The van der Waals surface area contributed by atoms with Gasteiger partial charge in [0.25, 0.3) is 0 Å². The summed E-state index contributed by atoms with van der Waals surface area (Å²) in [6.45, 7) is 4.50. The molecule has 1 aromatic carbocycles. The topological polar surface area (TPSA) is 66.6 Å². The first-order valence-electron chi connectivity index (χ1n) is 7.06. The summed E-state index contributed by atoms with van der Waals surface area (Å²) in [7, 11) is 0. The van der Waals surface area contributed by atoms with Crippen molar-refractivity contribution >= 4 is 16.5 Å². The van der Waals surface area contributed by atoms with E-state index in [9.17, 15) is 0 Å². The van der Waals surface area contributed by atoms with Crippen LogP contribution in [0, 0.1) is 0 Å². The molecule has 21 heavy (non-hydrogen) atoms. The van der Waals surface area contributed by atoms with E-state index in [0.29, 0.717) is 5.13 Å². The number of hydrogen-bond acceptors (Lipinski definition) is 6. The summed E-state index contributed by atoms with van der Waals surface area (Å²) in [5.41, 5.74) is 7.45. The third kappa shape index (κ3) is 1.65. The Morgan fingerprint density at radius 3 is 2.62 bits per heavy atom. The minimum absolute atomic E-state index is 0.247. The SMILES string of the molecule is CCC1(CC)Oc2cc3c(cc2-c2nc(N)sc21)OCO3. The first kappa shape index (κ1) is 12.8. The second-order valence-electron chi connectivity index (χ2n) is 5.23. The van der Waals surface area contributed by atoms with E-state index in [1.165, 1.54) is 11.3 Å². The lowest BCUT2D eigenvalue weighted by molar-refractivity contribution is 0.0580. The zero-order valence-corrected chi connectivity index (χ0v) is 12.8. The molecule has 4 rings (SSSR count). The molecular formula is C15H16N2O3S. The standard InChI is InChI=1S/C15H16N2O3S/c1-3-15(4-2)13-12(17-14(16)21-13)8-5-10-11(19-7-18-10)6-9(8)20-15/h5-6H,3-4,7H2,1-2H3,(H2,16,17). The molecule has 0 amide bonds. The molecule has 0 spiro atoms. The second kappa shape index (κ2) is 4.27. The van der Waals surface area contributed by atoms with E-state index in [1.54, 1.807) is 0 Å². The van der Waals surface area contributed by atoms with Crippen LogP contribution in [0.5, 0.6) is 17.2 Å². The molecule has 3 heterocycles. The second-order valence-corrected chi connectivity index (χ2v) is 6.27. The number of nitrogens with zero attached hydrogens (tertiary/aromatic N) is 1. The quantitative estimate of drug-likeness (QED) is 0.919. The van der Waals surface area contributed by atoms with Gasteiger partial charge in [-0.05, 0) is 18.9 Å². The molecule has 5 nitrogen and oxygen atoms in total. The van der Waals surface area contributed by atoms with Crippen molar-refractivity contribution in [3.05, 3.63) is 17.0 Å². The minimum Gasteiger partial charge on any atom is -0.481 e. The smallest absolute Gasteiger partial charge is 0.231 e. The minimum atomic E-state index is -0.356. The largest absolute Gasteiger partial charge is 0.481 e. The summed E-state index contributed by atoms with van der Waals surface area (Å²) in [4.78, 5) is 5.64. The number of nitrogen functional groups attached to an aromatic ring is 1. The summed E-state index contributed by atoms with van der Waals surface area (Å²) in [5, 5.41) is 0.570. The summed E-state index contributed by atoms with van der Waals surface area (Å²) in [6, 6.07) is 3.83. The van der Waals surface area contributed by atoms with Crippen LogP contribution in [0.25, 0.3) is 11.3 Å². The predicted molar refractivity (Wildman–Crippen MR) is 81.0 cm³/mol. The Morgan fingerprint density at radius 2 is 1.90 bits per heavy atom. The van der Waals surface area contributed by atoms with Crippen LogP contribution in [-0.4, -0.2) is 11.8 Å². The molecule has 0 atom stereocenters. The molecule has 0 aliphatic carbocycles. The van der Waals surface area contributed by atoms with Crippen molar-refractivity contribution in [1.82, 2.24) is 4.98 Å². The maximum absolute atomic E-state index is 6.36. The number of hydrogen-bond donors (Lipinski definition) is 1. The first-order valence-corrected chi connectivity index (χ1v) is 7.88. The monoisotopic (exact) mass is 304 g/mol. The Morgan fingerprint density at radius 1 is 1.19 bits per heavy atom. The van der Waals surface area contributed by atoms with Gasteiger partial charge in [-0.25, -0.2) is 4.98 Å². The lowest BCUT2D eigenvalue weighted by Crippen LogP contribution is -2.33. The molecule has 1 aromatic heterocycles. The van der Waals surface area contributed by atoms with Gasteiger partial charge in [0.1, 0.15) is 11.4 Å². The maximum atomic E-state index is 6.36. The van der Waals surface area contributed by atoms with Crippen LogP contribution in [0.3, 0.4) is 0 Å². The molecule has 0 saturated heterocycles. The van der Waals surface area contributed by atoms with Gasteiger partial charge in [-0.3, -0.25) is 0 Å². The Kier molecular flexibility index (Phi) is 2.60. The highest BCUT2D eigenvalue weighted by Gasteiger charge is 2.42. The number of anilines is 1. The van der Waals surface area contributed by atoms with Crippen molar-refractivity contribution in [2.24, 2.45) is 0 Å². The number of nitrogens with two attached hydrogens (primary N) is 1. The fourth-order valence-electron chi connectivity index (χ4n) is 2.99. The van der Waals surface area contributed by atoms with Crippen LogP contribution in [0.2, 0.25) is 0 Å². The van der Waals surface area contributed by atoms with Crippen LogP contribution < -0.4 is 19.9 Å². The molecule has 0 bridgehead atoms. The van der Waals surface area contributed by atoms with Crippen molar-refractivity contribution in [3.8, 4) is 28.5 Å². The number of benzene rings is 1. The van der Waals surface area contributed by atoms with Crippen molar-refractivity contribution in [2.45, 2.75) is 32.3 Å². The summed E-state index contributed by atoms with van der Waals surface area (Å²) < 4.78 is 17.3. The average Bonchev–Trinajstić information content (AvgIpc) is 3.09. The number of aromatic nitrogens is 1. The van der Waals surface area contributed by atoms with Crippen LogP contribution in [0.4, 0.5) is 5.13 Å². The molecular weight excluding hydrogens is 288 g/mol. The normalized spacial score (nSPS) is 17.0. The third-order valence-electron chi connectivity index (χ3n) is 4.23. The molecule has 0 radical (unpaired) electrons. The van der Waals surface area contributed by atoms with Gasteiger partial charge in [-0.2, -0.15) is 0 Å². The van der Waals surface area contributed by atoms with Crippen LogP contribution in [0.15, 0.2) is 12.1 Å². The highest BCUT2D eigenvalue weighted by Crippen LogP contribution is 2.53. The Hall–Kier alpha value is -1.95. The highest BCUT2D eigenvalue weighted by molar-refractivity contribution is 7.16. The first-order chi connectivity index (χ1) is 10.2. The van der Waals surface area contributed by atoms with E-state index in [1.807, 2.05) is 12.1 Å². The van der Waals surface area contributed by atoms with E-state index < -0.39 is 0 Å². The Labute approximate surface area is 126 Å². The van der Waals surface area contributed by atoms with E-state index in [2.05, 4.69) is 18.8 Å². The molecule has 0 unspecified atom stereocenters. The lowest BCUT2D eigenvalue weighted by Gasteiger charge is -2.36. The van der Waals surface area contributed by atoms with Gasteiger partial charge in [-0.15, -0.1) is 0 Å². The van der Waals surface area contributed by atoms with Crippen LogP contribution in [-0.2, 0) is 5.60 Å². The molecule has 0 fully saturated rings. The Balaban J connectivity index is 1.98. The van der Waals surface area contributed by atoms with Crippen molar-refractivity contribution in [2.75, 3.05) is 12.5 Å². The van der Waals surface area contributed by atoms with Crippen molar-refractivity contribution < 1.29 is 14.2 Å². The lowest BCUT2D eigenvalue weighted by atomic mass is 9.89. The molecule has 2 aromatic rings. The highest BCUT2D eigenvalue weighted by atomic mass is 32.1. The van der Waals surface area contributed by atoms with Gasteiger partial charge in [0.2, 0.25) is 6.79 Å². The van der Waals surface area contributed by atoms with Crippen molar-refractivity contribution in [3.63, 3.8) is 0 Å². The average molecular weight is 304 g/mol. The Bertz CT molecular complexity index is 722.